The van der Waals surface area contributed by atoms with E-state index >= 15 is 0 Å². The van der Waals surface area contributed by atoms with E-state index in [2.05, 4.69) is 22.0 Å². The number of quaternary nitrogens is 1. The maximum absolute atomic E-state index is 10.8. The molecule has 30 heavy (non-hydrogen) atoms. The van der Waals surface area contributed by atoms with Gasteiger partial charge in [0, 0.05) is 23.4 Å². The minimum Gasteiger partial charge on any atom is -0.497 e. The molecule has 0 radical (unpaired) electrons. The van der Waals surface area contributed by atoms with Crippen LogP contribution in [0.15, 0.2) is 52.9 Å². The molecule has 0 unspecified atom stereocenters. The number of nitro benzene ring substituents is 1. The van der Waals surface area contributed by atoms with Gasteiger partial charge in [0.05, 0.1) is 38.2 Å². The fraction of sp³-hybridized carbons (Fsp3) is 0.333. The highest BCUT2D eigenvalue weighted by atomic mass is 16.6. The standard InChI is InChI=1S/C21H23N5O4/c1-15(20-22-23-21(30-20)16-3-9-19(29-2)10-4-16)24-11-13-25(14-12-24)17-5-7-18(8-6-17)26(27)28/h3-10,15H,11-14H2,1-2H3/p+1/t15-/m1/s1. The third-order valence-corrected chi connectivity index (χ3v) is 5.59. The van der Waals surface area contributed by atoms with Gasteiger partial charge in [0.15, 0.2) is 6.04 Å². The van der Waals surface area contributed by atoms with Crippen LogP contribution in [0.25, 0.3) is 11.5 Å². The molecule has 0 amide bonds. The molecule has 3 aromatic rings. The fourth-order valence-electron chi connectivity index (χ4n) is 3.70. The molecule has 1 saturated heterocycles. The molecular weight excluding hydrogens is 386 g/mol. The first-order chi connectivity index (χ1) is 14.5. The summed E-state index contributed by atoms with van der Waals surface area (Å²) in [6.07, 6.45) is 0. The molecule has 1 atom stereocenters. The first-order valence-electron chi connectivity index (χ1n) is 9.87. The van der Waals surface area contributed by atoms with E-state index < -0.39 is 0 Å². The van der Waals surface area contributed by atoms with Crippen LogP contribution in [0.5, 0.6) is 5.75 Å². The van der Waals surface area contributed by atoms with Gasteiger partial charge in [-0.1, -0.05) is 0 Å². The zero-order valence-corrected chi connectivity index (χ0v) is 16.9. The van der Waals surface area contributed by atoms with Crippen LogP contribution >= 0.6 is 0 Å². The zero-order valence-electron chi connectivity index (χ0n) is 16.9. The van der Waals surface area contributed by atoms with Gasteiger partial charge in [-0.3, -0.25) is 10.1 Å². The Bertz CT molecular complexity index is 995. The summed E-state index contributed by atoms with van der Waals surface area (Å²) in [5.74, 6) is 1.91. The van der Waals surface area contributed by atoms with Crippen molar-refractivity contribution in [3.05, 3.63) is 64.5 Å². The van der Waals surface area contributed by atoms with Crippen molar-refractivity contribution in [1.82, 2.24) is 10.2 Å². The second kappa shape index (κ2) is 8.50. The first-order valence-corrected chi connectivity index (χ1v) is 9.87. The van der Waals surface area contributed by atoms with Gasteiger partial charge in [-0.2, -0.15) is 0 Å². The van der Waals surface area contributed by atoms with Gasteiger partial charge in [0.2, 0.25) is 5.89 Å². The van der Waals surface area contributed by atoms with Crippen LogP contribution in [0.4, 0.5) is 11.4 Å². The summed E-state index contributed by atoms with van der Waals surface area (Å²) in [6, 6.07) is 14.3. The lowest BCUT2D eigenvalue weighted by atomic mass is 10.2. The number of methoxy groups -OCH3 is 1. The Labute approximate surface area is 174 Å². The number of ether oxygens (including phenoxy) is 1. The molecular formula is C21H24N5O4+. The van der Waals surface area contributed by atoms with Crippen LogP contribution in [0.2, 0.25) is 0 Å². The van der Waals surface area contributed by atoms with Gasteiger partial charge in [-0.25, -0.2) is 0 Å². The number of anilines is 1. The highest BCUT2D eigenvalue weighted by molar-refractivity contribution is 5.54. The van der Waals surface area contributed by atoms with E-state index in [1.54, 1.807) is 19.2 Å². The van der Waals surface area contributed by atoms with Gasteiger partial charge in [-0.05, 0) is 43.3 Å². The molecule has 0 saturated carbocycles. The van der Waals surface area contributed by atoms with Crippen LogP contribution in [0.1, 0.15) is 18.9 Å². The molecule has 1 aromatic heterocycles. The molecule has 1 fully saturated rings. The minimum atomic E-state index is -0.377. The molecule has 1 aliphatic heterocycles. The molecule has 0 bridgehead atoms. The summed E-state index contributed by atoms with van der Waals surface area (Å²) in [5, 5.41) is 19.3. The van der Waals surface area contributed by atoms with Crippen LogP contribution < -0.4 is 14.5 Å². The molecule has 2 heterocycles. The molecule has 9 heteroatoms. The van der Waals surface area contributed by atoms with E-state index in [4.69, 9.17) is 9.15 Å². The topological polar surface area (TPSA) is 99.0 Å². The summed E-state index contributed by atoms with van der Waals surface area (Å²) in [7, 11) is 1.63. The molecule has 9 nitrogen and oxygen atoms in total. The Kier molecular flexibility index (Phi) is 5.62. The second-order valence-corrected chi connectivity index (χ2v) is 7.31. The quantitative estimate of drug-likeness (QED) is 0.491. The molecule has 156 valence electrons. The van der Waals surface area contributed by atoms with Gasteiger partial charge in [0.25, 0.3) is 11.6 Å². The summed E-state index contributed by atoms with van der Waals surface area (Å²) < 4.78 is 11.1. The maximum Gasteiger partial charge on any atom is 0.274 e. The largest absolute Gasteiger partial charge is 0.497 e. The monoisotopic (exact) mass is 410 g/mol. The number of nitrogens with one attached hydrogen (secondary N) is 1. The lowest BCUT2D eigenvalue weighted by molar-refractivity contribution is -0.931. The fourth-order valence-corrected chi connectivity index (χ4v) is 3.70. The Morgan fingerprint density at radius 1 is 1.10 bits per heavy atom. The highest BCUT2D eigenvalue weighted by Crippen LogP contribution is 2.23. The van der Waals surface area contributed by atoms with Crippen LogP contribution in [0.3, 0.4) is 0 Å². The van der Waals surface area contributed by atoms with Crippen molar-refractivity contribution in [3.8, 4) is 17.2 Å². The molecule has 1 N–H and O–H groups in total. The van der Waals surface area contributed by atoms with E-state index in [1.807, 2.05) is 36.4 Å². The number of aromatic nitrogens is 2. The number of benzene rings is 2. The van der Waals surface area contributed by atoms with E-state index in [0.717, 1.165) is 43.2 Å². The van der Waals surface area contributed by atoms with Crippen molar-refractivity contribution < 1.29 is 19.0 Å². The number of piperazine rings is 1. The molecule has 0 aliphatic carbocycles. The highest BCUT2D eigenvalue weighted by Gasteiger charge is 2.29. The minimum absolute atomic E-state index is 0.0866. The van der Waals surface area contributed by atoms with Crippen LogP contribution in [-0.2, 0) is 0 Å². The third kappa shape index (κ3) is 4.11. The molecule has 4 rings (SSSR count). The van der Waals surface area contributed by atoms with Crippen LogP contribution in [0, 0.1) is 10.1 Å². The normalized spacial score (nSPS) is 15.7. The summed E-state index contributed by atoms with van der Waals surface area (Å²) >= 11 is 0. The van der Waals surface area contributed by atoms with Crippen molar-refractivity contribution in [2.75, 3.05) is 38.2 Å². The van der Waals surface area contributed by atoms with E-state index in [-0.39, 0.29) is 16.7 Å². The zero-order chi connectivity index (χ0) is 21.1. The number of nitro groups is 1. The van der Waals surface area contributed by atoms with Crippen molar-refractivity contribution in [2.45, 2.75) is 13.0 Å². The lowest BCUT2D eigenvalue weighted by Crippen LogP contribution is -3.14. The first kappa shape index (κ1) is 19.8. The van der Waals surface area contributed by atoms with E-state index in [9.17, 15) is 10.1 Å². The second-order valence-electron chi connectivity index (χ2n) is 7.31. The number of hydrogen-bond acceptors (Lipinski definition) is 7. The predicted octanol–water partition coefficient (Wildman–Crippen LogP) is 2.12. The van der Waals surface area contributed by atoms with E-state index in [0.29, 0.717) is 11.8 Å². The van der Waals surface area contributed by atoms with Gasteiger partial charge in [-0.15, -0.1) is 10.2 Å². The number of non-ortho nitro benzene ring substituents is 1. The van der Waals surface area contributed by atoms with E-state index in [1.165, 1.54) is 4.90 Å². The SMILES string of the molecule is COc1ccc(-c2nnc([C@@H](C)[NH+]3CCN(c4ccc([N+](=O)[O-])cc4)CC3)o2)cc1. The van der Waals surface area contributed by atoms with Crippen molar-refractivity contribution in [2.24, 2.45) is 0 Å². The average Bonchev–Trinajstić information content (AvgIpc) is 3.29. The third-order valence-electron chi connectivity index (χ3n) is 5.59. The van der Waals surface area contributed by atoms with Crippen LogP contribution in [-0.4, -0.2) is 48.4 Å². The van der Waals surface area contributed by atoms with Gasteiger partial charge in [0.1, 0.15) is 5.75 Å². The summed E-state index contributed by atoms with van der Waals surface area (Å²) in [5.41, 5.74) is 1.98. The van der Waals surface area contributed by atoms with Gasteiger partial charge < -0.3 is 19.0 Å². The molecule has 1 aliphatic rings. The smallest absolute Gasteiger partial charge is 0.274 e. The summed E-state index contributed by atoms with van der Waals surface area (Å²) in [4.78, 5) is 14.1. The Balaban J connectivity index is 1.37. The maximum atomic E-state index is 10.8. The Hall–Kier alpha value is -3.46. The summed E-state index contributed by atoms with van der Waals surface area (Å²) in [6.45, 7) is 5.65. The average molecular weight is 410 g/mol. The molecule has 2 aromatic carbocycles. The molecule has 0 spiro atoms. The number of nitrogens with zero attached hydrogens (tertiary/aromatic N) is 4. The Morgan fingerprint density at radius 2 is 1.77 bits per heavy atom. The van der Waals surface area contributed by atoms with Crippen molar-refractivity contribution >= 4 is 11.4 Å². The Morgan fingerprint density at radius 3 is 2.37 bits per heavy atom. The number of hydrogen-bond donors (Lipinski definition) is 1. The van der Waals surface area contributed by atoms with Crippen molar-refractivity contribution in [1.29, 1.82) is 0 Å². The predicted molar refractivity (Wildman–Crippen MR) is 111 cm³/mol. The lowest BCUT2D eigenvalue weighted by Gasteiger charge is -2.35. The van der Waals surface area contributed by atoms with Gasteiger partial charge >= 0.3 is 0 Å². The number of rotatable bonds is 6. The van der Waals surface area contributed by atoms with Crippen molar-refractivity contribution in [3.63, 3.8) is 0 Å².